The molecule has 0 unspecified atom stereocenters. The third-order valence-corrected chi connectivity index (χ3v) is 8.43. The second-order valence-corrected chi connectivity index (χ2v) is 13.4. The second-order valence-electron chi connectivity index (χ2n) is 10.4. The molecular formula is C27H33N6O7PS. The van der Waals surface area contributed by atoms with E-state index in [9.17, 15) is 15.1 Å². The number of nitrogens with zero attached hydrogens (tertiary/aromatic N) is 4. The summed E-state index contributed by atoms with van der Waals surface area (Å²) in [5.74, 6) is 0.839. The molecule has 3 heterocycles. The maximum Gasteiger partial charge on any atom is 0.305 e. The summed E-state index contributed by atoms with van der Waals surface area (Å²) < 4.78 is 25.1. The van der Waals surface area contributed by atoms with Gasteiger partial charge in [0.1, 0.15) is 35.4 Å². The van der Waals surface area contributed by atoms with E-state index in [0.717, 1.165) is 10.8 Å². The molecule has 224 valence electrons. The highest BCUT2D eigenvalue weighted by atomic mass is 32.5. The Morgan fingerprint density at radius 3 is 2.71 bits per heavy atom. The van der Waals surface area contributed by atoms with Crippen LogP contribution in [-0.4, -0.2) is 65.1 Å². The van der Waals surface area contributed by atoms with Gasteiger partial charge in [-0.3, -0.25) is 4.57 Å². The number of hydrogen-bond acceptors (Lipinski definition) is 11. The summed E-state index contributed by atoms with van der Waals surface area (Å²) >= 11 is 5.35. The maximum absolute atomic E-state index is 11.2. The molecule has 15 heteroatoms. The Balaban J connectivity index is 1.31. The molecule has 2 aromatic carbocycles. The van der Waals surface area contributed by atoms with Crippen LogP contribution in [0.4, 0.5) is 5.82 Å². The molecule has 1 aliphatic heterocycles. The molecule has 0 saturated carbocycles. The van der Waals surface area contributed by atoms with Gasteiger partial charge in [-0.1, -0.05) is 36.4 Å². The van der Waals surface area contributed by atoms with Crippen LogP contribution in [0.5, 0.6) is 5.75 Å². The lowest BCUT2D eigenvalue weighted by molar-refractivity contribution is -0.0947. The highest BCUT2D eigenvalue weighted by Crippen LogP contribution is 2.44. The van der Waals surface area contributed by atoms with Crippen molar-refractivity contribution < 1.29 is 33.8 Å². The number of fused-ring (bicyclic) bond motifs is 2. The number of aromatic nitrogens is 4. The van der Waals surface area contributed by atoms with Gasteiger partial charge >= 0.3 is 5.95 Å². The number of allylic oxidation sites excluding steroid dienone is 1. The minimum absolute atomic E-state index is 0.113. The summed E-state index contributed by atoms with van der Waals surface area (Å²) in [7, 11) is 0. The molecule has 1 aliphatic rings. The van der Waals surface area contributed by atoms with Gasteiger partial charge in [0, 0.05) is 5.39 Å². The molecule has 5 rings (SSSR count). The van der Waals surface area contributed by atoms with Crippen molar-refractivity contribution in [2.24, 2.45) is 0 Å². The van der Waals surface area contributed by atoms with Crippen LogP contribution in [-0.2, 0) is 25.8 Å². The fourth-order valence-corrected chi connectivity index (χ4v) is 6.19. The monoisotopic (exact) mass is 616 g/mol. The lowest BCUT2D eigenvalue weighted by atomic mass is 9.96. The summed E-state index contributed by atoms with van der Waals surface area (Å²) in [4.78, 5) is 23.3. The average Bonchev–Trinajstić information content (AvgIpc) is 3.45. The van der Waals surface area contributed by atoms with Crippen LogP contribution < -0.4 is 15.6 Å². The topological polar surface area (TPSA) is 179 Å². The SMILES string of the molecule is CC(N[P@@](O)(=S)OC[C@H]1O[C@@H](n2cnc3c(N)ncnc32)[C@](C)(O)[C@@H]1O)=C(Oc1cccc2ccccc12)OC(C)C. The van der Waals surface area contributed by atoms with Crippen LogP contribution in [0.15, 0.2) is 66.8 Å². The maximum atomic E-state index is 11.2. The van der Waals surface area contributed by atoms with Gasteiger partial charge in [-0.2, -0.15) is 0 Å². The molecule has 1 saturated heterocycles. The molecule has 0 aliphatic carbocycles. The first-order chi connectivity index (χ1) is 19.9. The fourth-order valence-electron chi connectivity index (χ4n) is 4.67. The molecule has 0 spiro atoms. The van der Waals surface area contributed by atoms with E-state index < -0.39 is 30.7 Å². The van der Waals surface area contributed by atoms with Crippen molar-refractivity contribution >= 4 is 46.2 Å². The van der Waals surface area contributed by atoms with Gasteiger partial charge in [-0.05, 0) is 51.0 Å². The number of aliphatic hydroxyl groups is 2. The Hall–Kier alpha value is -3.36. The normalized spacial score (nSPS) is 24.5. The quantitative estimate of drug-likeness (QED) is 0.130. The lowest BCUT2D eigenvalue weighted by Crippen LogP contribution is -2.44. The van der Waals surface area contributed by atoms with Crippen LogP contribution in [0.1, 0.15) is 33.9 Å². The molecule has 0 radical (unpaired) electrons. The van der Waals surface area contributed by atoms with E-state index in [2.05, 4.69) is 20.0 Å². The standard InChI is InChI=1S/C27H33N6O7PS/c1-15(2)38-25(39-19-11-7-9-17-8-5-6-10-18(17)19)16(3)32-41(36,42)37-12-20-22(34)27(4,35)26(40-20)33-14-31-21-23(28)29-13-30-24(21)33/h5-11,13-15,20,22,26,34-35H,12H2,1-4H3,(H2,28,29,30)(H2,32,36,42)/t20-,22-,26-,27-,41+/m1/s1. The Morgan fingerprint density at radius 1 is 1.21 bits per heavy atom. The first kappa shape index (κ1) is 30.1. The highest BCUT2D eigenvalue weighted by molar-refractivity contribution is 8.08. The number of nitrogens with two attached hydrogens (primary N) is 1. The van der Waals surface area contributed by atoms with Gasteiger partial charge in [0.05, 0.1) is 24.7 Å². The molecule has 1 fully saturated rings. The Bertz CT molecular complexity index is 1670. The zero-order valence-electron chi connectivity index (χ0n) is 23.4. The minimum atomic E-state index is -3.71. The summed E-state index contributed by atoms with van der Waals surface area (Å²) in [5.41, 5.74) is 5.06. The van der Waals surface area contributed by atoms with E-state index in [1.807, 2.05) is 56.3 Å². The Kier molecular flexibility index (Phi) is 8.41. The van der Waals surface area contributed by atoms with Crippen LogP contribution in [0.2, 0.25) is 0 Å². The molecule has 2 aromatic heterocycles. The smallest absolute Gasteiger partial charge is 0.305 e. The van der Waals surface area contributed by atoms with Gasteiger partial charge in [-0.15, -0.1) is 0 Å². The number of nitrogens with one attached hydrogen (secondary N) is 1. The number of benzene rings is 2. The number of anilines is 1. The lowest BCUT2D eigenvalue weighted by Gasteiger charge is -2.27. The number of nitrogen functional groups attached to an aromatic ring is 1. The van der Waals surface area contributed by atoms with Crippen molar-refractivity contribution in [3.8, 4) is 5.75 Å². The highest BCUT2D eigenvalue weighted by Gasteiger charge is 2.53. The zero-order chi connectivity index (χ0) is 30.2. The van der Waals surface area contributed by atoms with E-state index in [-0.39, 0.29) is 24.5 Å². The van der Waals surface area contributed by atoms with Crippen molar-refractivity contribution in [3.63, 3.8) is 0 Å². The van der Waals surface area contributed by atoms with Gasteiger partial charge in [0.15, 0.2) is 17.7 Å². The minimum Gasteiger partial charge on any atom is -0.461 e. The van der Waals surface area contributed by atoms with Gasteiger partial charge in [-0.25, -0.2) is 15.0 Å². The molecule has 13 nitrogen and oxygen atoms in total. The van der Waals surface area contributed by atoms with E-state index >= 15 is 0 Å². The number of imidazole rings is 1. The third kappa shape index (κ3) is 6.06. The van der Waals surface area contributed by atoms with Crippen LogP contribution in [0.3, 0.4) is 0 Å². The Morgan fingerprint density at radius 2 is 1.95 bits per heavy atom. The van der Waals surface area contributed by atoms with Crippen molar-refractivity contribution in [3.05, 3.63) is 66.8 Å². The van der Waals surface area contributed by atoms with E-state index in [1.54, 1.807) is 6.92 Å². The predicted octanol–water partition coefficient (Wildman–Crippen LogP) is 3.09. The van der Waals surface area contributed by atoms with Gasteiger partial charge < -0.3 is 44.7 Å². The first-order valence-electron chi connectivity index (χ1n) is 13.1. The molecular weight excluding hydrogens is 583 g/mol. The predicted molar refractivity (Wildman–Crippen MR) is 159 cm³/mol. The number of hydrogen-bond donors (Lipinski definition) is 5. The number of ether oxygens (including phenoxy) is 3. The van der Waals surface area contributed by atoms with Crippen molar-refractivity contribution in [1.29, 1.82) is 0 Å². The number of aliphatic hydroxyl groups excluding tert-OH is 1. The Labute approximate surface area is 247 Å². The molecule has 42 heavy (non-hydrogen) atoms. The van der Waals surface area contributed by atoms with Crippen molar-refractivity contribution in [1.82, 2.24) is 24.6 Å². The summed E-state index contributed by atoms with van der Waals surface area (Å²) in [6.07, 6.45) is -1.14. The molecule has 0 bridgehead atoms. The van der Waals surface area contributed by atoms with Gasteiger partial charge in [0.2, 0.25) is 0 Å². The average molecular weight is 617 g/mol. The fraction of sp³-hybridized carbons (Fsp3) is 0.370. The molecule has 6 N–H and O–H groups in total. The molecule has 5 atom stereocenters. The summed E-state index contributed by atoms with van der Waals surface area (Å²) in [6.45, 7) is 2.70. The van der Waals surface area contributed by atoms with Gasteiger partial charge in [0.25, 0.3) is 6.64 Å². The third-order valence-electron chi connectivity index (χ3n) is 6.72. The number of rotatable bonds is 10. The van der Waals surface area contributed by atoms with E-state index in [0.29, 0.717) is 22.6 Å². The van der Waals surface area contributed by atoms with Crippen LogP contribution in [0.25, 0.3) is 21.9 Å². The second kappa shape index (κ2) is 11.7. The van der Waals surface area contributed by atoms with E-state index in [1.165, 1.54) is 24.1 Å². The zero-order valence-corrected chi connectivity index (χ0v) is 25.1. The molecule has 4 aromatic rings. The summed E-state index contributed by atoms with van der Waals surface area (Å²) in [6, 6.07) is 13.4. The summed E-state index contributed by atoms with van der Waals surface area (Å²) in [5, 5.41) is 26.7. The molecule has 0 amide bonds. The van der Waals surface area contributed by atoms with Crippen molar-refractivity contribution in [2.75, 3.05) is 12.3 Å². The van der Waals surface area contributed by atoms with E-state index in [4.69, 9.17) is 36.3 Å². The van der Waals surface area contributed by atoms with Crippen LogP contribution in [0, 0.1) is 0 Å². The first-order valence-corrected chi connectivity index (χ1v) is 15.8. The largest absolute Gasteiger partial charge is 0.461 e. The van der Waals surface area contributed by atoms with Crippen molar-refractivity contribution in [2.45, 2.75) is 57.8 Å². The van der Waals surface area contributed by atoms with Crippen LogP contribution >= 0.6 is 6.64 Å².